The van der Waals surface area contributed by atoms with Crippen LogP contribution in [0, 0.1) is 0 Å². The number of anilines is 1. The second-order valence-corrected chi connectivity index (χ2v) is 8.59. The quantitative estimate of drug-likeness (QED) is 0.456. The molecular formula is C23H30N6O5. The van der Waals surface area contributed by atoms with Crippen molar-refractivity contribution in [1.82, 2.24) is 15.0 Å². The molecule has 1 aromatic heterocycles. The number of nitrogens with zero attached hydrogens (tertiary/aromatic N) is 4. The van der Waals surface area contributed by atoms with Crippen LogP contribution in [0.2, 0.25) is 0 Å². The molecule has 5 N–H and O–H groups in total. The van der Waals surface area contributed by atoms with E-state index < -0.39 is 6.10 Å². The lowest BCUT2D eigenvalue weighted by molar-refractivity contribution is 0.0856. The van der Waals surface area contributed by atoms with Crippen molar-refractivity contribution in [2.24, 2.45) is 11.5 Å². The fourth-order valence-corrected chi connectivity index (χ4v) is 5.01. The van der Waals surface area contributed by atoms with Crippen molar-refractivity contribution >= 4 is 5.95 Å². The lowest BCUT2D eigenvalue weighted by Crippen LogP contribution is -2.43. The summed E-state index contributed by atoms with van der Waals surface area (Å²) in [6.45, 7) is 2.43. The summed E-state index contributed by atoms with van der Waals surface area (Å²) in [4.78, 5) is 15.4. The van der Waals surface area contributed by atoms with Crippen LogP contribution in [0.5, 0.6) is 23.5 Å². The van der Waals surface area contributed by atoms with E-state index in [9.17, 15) is 5.11 Å². The van der Waals surface area contributed by atoms with Crippen molar-refractivity contribution in [2.75, 3.05) is 44.9 Å². The standard InChI is InChI=1S/C23H30N6O5/c1-31-16-3-2-14-13-29(20-26-21(32-10-7-24)28-22(27-20)33-11-8-25)9-6-23-5-4-15(30)12-17(23)34-19(16)18(14)23/h2-5,15,17,30H,6-13,24-25H2,1H3/t15-,17?,23?/m0/s1. The largest absolute Gasteiger partial charge is 0.493 e. The van der Waals surface area contributed by atoms with E-state index in [4.69, 9.17) is 30.4 Å². The maximum absolute atomic E-state index is 10.3. The molecule has 3 atom stereocenters. The Morgan fingerprint density at radius 2 is 1.88 bits per heavy atom. The second kappa shape index (κ2) is 9.24. The summed E-state index contributed by atoms with van der Waals surface area (Å²) >= 11 is 0. The monoisotopic (exact) mass is 470 g/mol. The molecule has 34 heavy (non-hydrogen) atoms. The Kier molecular flexibility index (Phi) is 6.15. The molecule has 0 radical (unpaired) electrons. The molecule has 5 rings (SSSR count). The van der Waals surface area contributed by atoms with E-state index in [1.807, 2.05) is 12.1 Å². The summed E-state index contributed by atoms with van der Waals surface area (Å²) in [5.74, 6) is 1.89. The molecular weight excluding hydrogens is 440 g/mol. The Morgan fingerprint density at radius 1 is 1.15 bits per heavy atom. The Labute approximate surface area is 197 Å². The van der Waals surface area contributed by atoms with Crippen LogP contribution < -0.4 is 35.3 Å². The number of hydrogen-bond acceptors (Lipinski definition) is 11. The minimum absolute atomic E-state index is 0.158. The van der Waals surface area contributed by atoms with E-state index in [1.54, 1.807) is 7.11 Å². The molecule has 0 bridgehead atoms. The van der Waals surface area contributed by atoms with E-state index in [2.05, 4.69) is 32.0 Å². The molecule has 0 saturated carbocycles. The van der Waals surface area contributed by atoms with Gasteiger partial charge in [0.1, 0.15) is 19.3 Å². The van der Waals surface area contributed by atoms with Gasteiger partial charge in [-0.15, -0.1) is 4.98 Å². The van der Waals surface area contributed by atoms with Crippen molar-refractivity contribution in [3.8, 4) is 23.5 Å². The average molecular weight is 471 g/mol. The highest BCUT2D eigenvalue weighted by atomic mass is 16.5. The molecule has 11 nitrogen and oxygen atoms in total. The van der Waals surface area contributed by atoms with Crippen molar-refractivity contribution in [2.45, 2.75) is 37.0 Å². The van der Waals surface area contributed by atoms with E-state index >= 15 is 0 Å². The topological polar surface area (TPSA) is 151 Å². The van der Waals surface area contributed by atoms with Crippen LogP contribution in [0.15, 0.2) is 24.3 Å². The summed E-state index contributed by atoms with van der Waals surface area (Å²) in [7, 11) is 1.64. The van der Waals surface area contributed by atoms with Gasteiger partial charge < -0.3 is 40.4 Å². The normalized spacial score (nSPS) is 24.6. The molecule has 182 valence electrons. The Hall–Kier alpha value is -3.15. The number of rotatable bonds is 8. The highest BCUT2D eigenvalue weighted by molar-refractivity contribution is 5.62. The minimum Gasteiger partial charge on any atom is -0.493 e. The first-order valence-electron chi connectivity index (χ1n) is 11.5. The summed E-state index contributed by atoms with van der Waals surface area (Å²) < 4.78 is 23.2. The third-order valence-electron chi connectivity index (χ3n) is 6.52. The van der Waals surface area contributed by atoms with Gasteiger partial charge in [-0.1, -0.05) is 18.2 Å². The molecule has 0 fully saturated rings. The third-order valence-corrected chi connectivity index (χ3v) is 6.52. The van der Waals surface area contributed by atoms with Gasteiger partial charge in [0.25, 0.3) is 0 Å². The smallest absolute Gasteiger partial charge is 0.324 e. The number of ether oxygens (including phenoxy) is 4. The van der Waals surface area contributed by atoms with Crippen LogP contribution in [0.1, 0.15) is 24.0 Å². The number of aromatic nitrogens is 3. The van der Waals surface area contributed by atoms with Crippen LogP contribution in [0.25, 0.3) is 0 Å². The van der Waals surface area contributed by atoms with Crippen LogP contribution >= 0.6 is 0 Å². The first kappa shape index (κ1) is 22.6. The SMILES string of the molecule is COc1ccc2c3c1OC1C[C@@H](O)C=CC31CCN(c1nc(OCCN)nc(OCCN)n1)C2. The van der Waals surface area contributed by atoms with Gasteiger partial charge in [-0.05, 0) is 18.1 Å². The molecule has 1 spiro atoms. The lowest BCUT2D eigenvalue weighted by atomic mass is 9.69. The number of benzene rings is 1. The van der Waals surface area contributed by atoms with Crippen molar-refractivity contribution in [3.63, 3.8) is 0 Å². The Balaban J connectivity index is 1.55. The second-order valence-electron chi connectivity index (χ2n) is 8.59. The average Bonchev–Trinajstić information content (AvgIpc) is 3.08. The first-order chi connectivity index (χ1) is 16.6. The zero-order chi connectivity index (χ0) is 23.7. The Morgan fingerprint density at radius 3 is 2.56 bits per heavy atom. The van der Waals surface area contributed by atoms with Gasteiger partial charge in [0.2, 0.25) is 5.95 Å². The molecule has 0 saturated heterocycles. The van der Waals surface area contributed by atoms with E-state index in [0.29, 0.717) is 44.3 Å². The number of methoxy groups -OCH3 is 1. The molecule has 3 heterocycles. The fraction of sp³-hybridized carbons (Fsp3) is 0.522. The molecule has 2 unspecified atom stereocenters. The van der Waals surface area contributed by atoms with Gasteiger partial charge in [-0.2, -0.15) is 9.97 Å². The number of hydrogen-bond donors (Lipinski definition) is 3. The summed E-state index contributed by atoms with van der Waals surface area (Å²) in [5.41, 5.74) is 13.0. The van der Waals surface area contributed by atoms with E-state index in [0.717, 1.165) is 23.3 Å². The molecule has 3 aliphatic rings. The third kappa shape index (κ3) is 3.89. The van der Waals surface area contributed by atoms with Crippen LogP contribution in [0.3, 0.4) is 0 Å². The van der Waals surface area contributed by atoms with Crippen molar-refractivity contribution in [3.05, 3.63) is 35.4 Å². The first-order valence-corrected chi connectivity index (χ1v) is 11.5. The maximum atomic E-state index is 10.3. The number of nitrogens with two attached hydrogens (primary N) is 2. The molecule has 2 aliphatic heterocycles. The lowest BCUT2D eigenvalue weighted by Gasteiger charge is -2.35. The molecule has 2 aromatic rings. The predicted molar refractivity (Wildman–Crippen MR) is 123 cm³/mol. The van der Waals surface area contributed by atoms with Crippen LogP contribution in [-0.4, -0.2) is 72.2 Å². The van der Waals surface area contributed by atoms with Gasteiger partial charge in [-0.3, -0.25) is 0 Å². The Bertz CT molecular complexity index is 1060. The fourth-order valence-electron chi connectivity index (χ4n) is 5.01. The van der Waals surface area contributed by atoms with Gasteiger partial charge in [-0.25, -0.2) is 0 Å². The van der Waals surface area contributed by atoms with Gasteiger partial charge >= 0.3 is 12.0 Å². The van der Waals surface area contributed by atoms with Crippen molar-refractivity contribution in [1.29, 1.82) is 0 Å². The summed E-state index contributed by atoms with van der Waals surface area (Å²) in [6.07, 6.45) is 4.53. The predicted octanol–water partition coefficient (Wildman–Crippen LogP) is 0.285. The highest BCUT2D eigenvalue weighted by Crippen LogP contribution is 2.55. The van der Waals surface area contributed by atoms with E-state index in [1.165, 1.54) is 0 Å². The van der Waals surface area contributed by atoms with Crippen LogP contribution in [0.4, 0.5) is 5.95 Å². The highest BCUT2D eigenvalue weighted by Gasteiger charge is 2.53. The zero-order valence-electron chi connectivity index (χ0n) is 19.1. The number of aliphatic hydroxyl groups excluding tert-OH is 1. The van der Waals surface area contributed by atoms with Gasteiger partial charge in [0.05, 0.1) is 18.6 Å². The molecule has 1 aromatic carbocycles. The molecule has 0 amide bonds. The van der Waals surface area contributed by atoms with Gasteiger partial charge in [0.15, 0.2) is 11.5 Å². The number of aliphatic hydroxyl groups is 1. The van der Waals surface area contributed by atoms with Gasteiger partial charge in [0, 0.05) is 38.2 Å². The molecule has 11 heteroatoms. The van der Waals surface area contributed by atoms with Crippen molar-refractivity contribution < 1.29 is 24.1 Å². The minimum atomic E-state index is -0.535. The van der Waals surface area contributed by atoms with Crippen LogP contribution in [-0.2, 0) is 12.0 Å². The maximum Gasteiger partial charge on any atom is 0.324 e. The zero-order valence-corrected chi connectivity index (χ0v) is 19.1. The summed E-state index contributed by atoms with van der Waals surface area (Å²) in [6, 6.07) is 4.29. The molecule has 1 aliphatic carbocycles. The van der Waals surface area contributed by atoms with E-state index in [-0.39, 0.29) is 36.8 Å². The summed E-state index contributed by atoms with van der Waals surface area (Å²) in [5, 5.41) is 10.3.